The summed E-state index contributed by atoms with van der Waals surface area (Å²) in [6.45, 7) is 0.704. The average Bonchev–Trinajstić information content (AvgIpc) is 2.58. The second kappa shape index (κ2) is 2.91. The van der Waals surface area contributed by atoms with E-state index in [0.717, 1.165) is 0 Å². The Morgan fingerprint density at radius 2 is 2.27 bits per heavy atom. The maximum Gasteiger partial charge on any atom is 0.135 e. The first-order chi connectivity index (χ1) is 5.83. The summed E-state index contributed by atoms with van der Waals surface area (Å²) in [4.78, 5) is 0. The summed E-state index contributed by atoms with van der Waals surface area (Å²) < 4.78 is 22.3. The monoisotopic (exact) mass is 180 g/mol. The van der Waals surface area contributed by atoms with Crippen molar-refractivity contribution in [2.45, 2.75) is 24.4 Å². The zero-order valence-electron chi connectivity index (χ0n) is 6.80. The first-order valence-corrected chi connectivity index (χ1v) is 3.86. The Morgan fingerprint density at radius 3 is 3.09 bits per heavy atom. The molecule has 2 saturated heterocycles. The molecule has 2 aliphatic heterocycles. The molecule has 4 nitrogen and oxygen atoms in total. The molecule has 5 heteroatoms. The number of hydrogen-bond acceptors (Lipinski definition) is 5. The Kier molecular flexibility index (Phi) is 1.77. The van der Waals surface area contributed by atoms with E-state index in [-0.39, 0.29) is 18.3 Å². The van der Waals surface area contributed by atoms with Crippen molar-refractivity contribution in [3.63, 3.8) is 0 Å². The Bertz CT molecular complexity index is 170. The molecule has 2 fully saturated rings. The van der Waals surface area contributed by atoms with Crippen LogP contribution in [0.25, 0.3) is 0 Å². The van der Waals surface area contributed by atoms with Crippen LogP contribution >= 0.6 is 12.8 Å². The summed E-state index contributed by atoms with van der Waals surface area (Å²) in [7, 11) is 0. The molecule has 0 unspecified atom stereocenters. The van der Waals surface area contributed by atoms with Crippen molar-refractivity contribution in [3.8, 4) is 0 Å². The molecule has 0 saturated carbocycles. The van der Waals surface area contributed by atoms with Gasteiger partial charge in [-0.3, -0.25) is 0 Å². The highest BCUT2D eigenvalue weighted by molar-refractivity contribution is 7.75. The minimum absolute atomic E-state index is 0.196. The lowest BCUT2D eigenvalue weighted by Crippen LogP contribution is -2.31. The topological polar surface area (TPSA) is 47.9 Å². The molecule has 0 radical (unpaired) electrons. The third-order valence-corrected chi connectivity index (χ3v) is 2.35. The molecule has 2 heterocycles. The minimum atomic E-state index is -0.542. The van der Waals surface area contributed by atoms with Gasteiger partial charge < -0.3 is 18.8 Å². The Labute approximate surface area is 71.1 Å². The Morgan fingerprint density at radius 1 is 1.45 bits per heavy atom. The molecule has 64 valence electrons. The van der Waals surface area contributed by atoms with Crippen molar-refractivity contribution in [2.24, 2.45) is 0 Å². The number of aliphatic hydroxyl groups excluding tert-OH is 1. The maximum absolute atomic E-state index is 9.33. The van der Waals surface area contributed by atoms with Gasteiger partial charge in [0.2, 0.25) is 0 Å². The van der Waals surface area contributed by atoms with Gasteiger partial charge in [0, 0.05) is 0 Å². The lowest BCUT2D eigenvalue weighted by atomic mass is 10.1. The van der Waals surface area contributed by atoms with Crippen LogP contribution in [-0.2, 0) is 13.7 Å². The lowest BCUT2D eigenvalue weighted by molar-refractivity contribution is 0.0120. The van der Waals surface area contributed by atoms with Crippen LogP contribution in [0.1, 0.15) is 0 Å². The molecule has 0 spiro atoms. The van der Waals surface area contributed by atoms with Crippen LogP contribution in [0.5, 0.6) is 0 Å². The SMILES string of the molecule is [3H]SO[C@@H]1CO[C@H]2[C@@H]1OC[C@@H]2O. The highest BCUT2D eigenvalue weighted by Gasteiger charge is 2.47. The molecular formula is C6H10O4S. The third-order valence-electron chi connectivity index (χ3n) is 2.11. The van der Waals surface area contributed by atoms with E-state index in [1.54, 1.807) is 0 Å². The van der Waals surface area contributed by atoms with Crippen LogP contribution in [0.4, 0.5) is 0 Å². The van der Waals surface area contributed by atoms with Crippen molar-refractivity contribution in [2.75, 3.05) is 13.2 Å². The molecule has 0 aliphatic carbocycles. The highest BCUT2D eigenvalue weighted by Crippen LogP contribution is 2.28. The van der Waals surface area contributed by atoms with Crippen molar-refractivity contribution < 1.29 is 18.8 Å². The van der Waals surface area contributed by atoms with Crippen LogP contribution < -0.4 is 0 Å². The number of hydrogen-bond donors (Lipinski definition) is 2. The van der Waals surface area contributed by atoms with Crippen LogP contribution in [0.3, 0.4) is 0 Å². The maximum atomic E-state index is 9.33. The highest BCUT2D eigenvalue weighted by atomic mass is 32.1. The molecule has 0 aromatic carbocycles. The quantitative estimate of drug-likeness (QED) is 0.439. The third kappa shape index (κ3) is 1.17. The predicted octanol–water partition coefficient (Wildman–Crippen LogP) is -0.625. The molecule has 0 amide bonds. The van der Waals surface area contributed by atoms with Gasteiger partial charge in [0.15, 0.2) is 0 Å². The zero-order valence-corrected chi connectivity index (χ0v) is 6.62. The molecule has 0 aromatic rings. The summed E-state index contributed by atoms with van der Waals surface area (Å²) in [6.07, 6.45) is -1.21. The van der Waals surface area contributed by atoms with E-state index in [9.17, 15) is 5.11 Å². The number of aliphatic hydroxyl groups is 1. The van der Waals surface area contributed by atoms with Gasteiger partial charge in [0.05, 0.1) is 13.2 Å². The summed E-state index contributed by atoms with van der Waals surface area (Å²) in [5.74, 6) is 0. The van der Waals surface area contributed by atoms with Gasteiger partial charge in [-0.15, -0.1) is 0 Å². The van der Waals surface area contributed by atoms with Crippen LogP contribution in [-0.4, -0.2) is 43.9 Å². The van der Waals surface area contributed by atoms with Crippen molar-refractivity contribution in [3.05, 3.63) is 0 Å². The fraction of sp³-hybridized carbons (Fsp3) is 1.00. The number of rotatable bonds is 2. The van der Waals surface area contributed by atoms with Crippen molar-refractivity contribution in [1.29, 1.82) is 1.12 Å². The molecule has 0 bridgehead atoms. The van der Waals surface area contributed by atoms with E-state index < -0.39 is 6.10 Å². The van der Waals surface area contributed by atoms with E-state index in [1.165, 1.54) is 0 Å². The van der Waals surface area contributed by atoms with E-state index in [2.05, 4.69) is 0 Å². The predicted molar refractivity (Wildman–Crippen MR) is 39.3 cm³/mol. The average molecular weight is 180 g/mol. The molecule has 4 atom stereocenters. The fourth-order valence-electron chi connectivity index (χ4n) is 1.53. The Hall–Kier alpha value is 0.190. The van der Waals surface area contributed by atoms with E-state index in [0.29, 0.717) is 26.0 Å². The summed E-state index contributed by atoms with van der Waals surface area (Å²) >= 11 is 0.557. The normalized spacial score (nSPS) is 50.8. The van der Waals surface area contributed by atoms with Gasteiger partial charge in [-0.25, -0.2) is 0 Å². The summed E-state index contributed by atoms with van der Waals surface area (Å²) in [5.41, 5.74) is 0. The van der Waals surface area contributed by atoms with Gasteiger partial charge in [-0.1, -0.05) is 0 Å². The van der Waals surface area contributed by atoms with E-state index in [4.69, 9.17) is 14.8 Å². The van der Waals surface area contributed by atoms with Crippen molar-refractivity contribution >= 4 is 12.8 Å². The lowest BCUT2D eigenvalue weighted by Gasteiger charge is -2.11. The Balaban J connectivity index is 1.96. The number of thiol groups is 1. The van der Waals surface area contributed by atoms with Gasteiger partial charge >= 0.3 is 0 Å². The summed E-state index contributed by atoms with van der Waals surface area (Å²) in [5, 5.41) is 9.33. The summed E-state index contributed by atoms with van der Waals surface area (Å²) in [6, 6.07) is 0. The van der Waals surface area contributed by atoms with Crippen molar-refractivity contribution in [1.82, 2.24) is 0 Å². The molecule has 11 heavy (non-hydrogen) atoms. The van der Waals surface area contributed by atoms with Crippen LogP contribution in [0.15, 0.2) is 0 Å². The molecule has 2 aliphatic rings. The molecule has 0 aromatic heterocycles. The van der Waals surface area contributed by atoms with Gasteiger partial charge in [-0.05, 0) is 12.8 Å². The minimum Gasteiger partial charge on any atom is -0.388 e. The van der Waals surface area contributed by atoms with Crippen LogP contribution in [0, 0.1) is 0 Å². The number of fused-ring (bicyclic) bond motifs is 1. The molecular weight excluding hydrogens is 168 g/mol. The molecule has 1 N–H and O–H groups in total. The standard InChI is InChI=1S/C6H10O4S/c7-3-1-8-6-4(10-11)2-9-5(3)6/h3-7,11H,1-2H2/t3-,4+,5+,6+/m0/s1/i/hT. The largest absolute Gasteiger partial charge is 0.388 e. The number of ether oxygens (including phenoxy) is 2. The van der Waals surface area contributed by atoms with E-state index in [1.807, 2.05) is 0 Å². The van der Waals surface area contributed by atoms with Gasteiger partial charge in [-0.2, -0.15) is 0 Å². The first kappa shape index (κ1) is 6.68. The van der Waals surface area contributed by atoms with Crippen LogP contribution in [0.2, 0.25) is 0 Å². The second-order valence-corrected chi connectivity index (χ2v) is 2.99. The molecule has 2 rings (SSSR count). The fourth-order valence-corrected chi connectivity index (χ4v) is 1.69. The zero-order chi connectivity index (χ0) is 8.55. The van der Waals surface area contributed by atoms with Gasteiger partial charge in [0.25, 0.3) is 0 Å². The first-order valence-electron chi connectivity index (χ1n) is 3.93. The van der Waals surface area contributed by atoms with E-state index >= 15 is 0 Å². The van der Waals surface area contributed by atoms with Gasteiger partial charge in [0.1, 0.15) is 25.5 Å². The second-order valence-electron chi connectivity index (χ2n) is 2.80. The smallest absolute Gasteiger partial charge is 0.135 e.